The number of carbonyl (C=O) groups is 4. The fraction of sp³-hybridized carbons (Fsp3) is 0.676. The molecule has 2 heterocycles. The summed E-state index contributed by atoms with van der Waals surface area (Å²) in [5.74, 6) is -4.36. The number of rotatable bonds is 14. The third-order valence-electron chi connectivity index (χ3n) is 9.09. The SMILES string of the molecule is COC(=O)[C@@H]1O[C@H](OC(=N)C(Cl)(Cl)Cl)[C@H](OC(C)=O)[C@@H](OCc2ccccc2)[C@@H]1O[C@H]1O[C@H](COC(C)=O)[C@@H](O[Si](C)(C)C(C)(C)C)[C@H](OC(C)=O)[C@H]1N=[N+]=[N-]. The molecule has 0 aromatic heterocycles. The Balaban J connectivity index is 2.24. The van der Waals surface area contributed by atoms with Crippen LogP contribution in [0.3, 0.4) is 0 Å². The highest BCUT2D eigenvalue weighted by atomic mass is 35.6. The van der Waals surface area contributed by atoms with Gasteiger partial charge in [-0.15, -0.1) is 0 Å². The van der Waals surface area contributed by atoms with Crippen molar-refractivity contribution in [2.45, 2.75) is 131 Å². The van der Waals surface area contributed by atoms with Gasteiger partial charge in [0.2, 0.25) is 12.2 Å². The highest BCUT2D eigenvalue weighted by Gasteiger charge is 2.58. The van der Waals surface area contributed by atoms with E-state index in [0.29, 0.717) is 5.56 Å². The fourth-order valence-electron chi connectivity index (χ4n) is 5.48. The average molecular weight is 870 g/mol. The number of nitrogens with zero attached hydrogens (tertiary/aromatic N) is 3. The second kappa shape index (κ2) is 20.0. The lowest BCUT2D eigenvalue weighted by Gasteiger charge is -2.50. The molecule has 1 aromatic carbocycles. The fourth-order valence-corrected chi connectivity index (χ4v) is 6.93. The summed E-state index contributed by atoms with van der Waals surface area (Å²) < 4.78 is 56.6. The van der Waals surface area contributed by atoms with Crippen LogP contribution in [0.1, 0.15) is 47.1 Å². The maximum atomic E-state index is 13.5. The van der Waals surface area contributed by atoms with Crippen molar-refractivity contribution >= 4 is 72.9 Å². The number of carbonyl (C=O) groups excluding carboxylic acids is 4. The van der Waals surface area contributed by atoms with Crippen LogP contribution in [0.4, 0.5) is 0 Å². The summed E-state index contributed by atoms with van der Waals surface area (Å²) in [5, 5.41) is 11.7. The van der Waals surface area contributed by atoms with E-state index < -0.39 is 110 Å². The lowest BCUT2D eigenvalue weighted by Crippen LogP contribution is -2.67. The van der Waals surface area contributed by atoms with Crippen molar-refractivity contribution in [3.8, 4) is 0 Å². The van der Waals surface area contributed by atoms with Crippen LogP contribution in [0.15, 0.2) is 35.4 Å². The average Bonchev–Trinajstić information content (AvgIpc) is 3.09. The number of benzene rings is 1. The normalized spacial score (nSPS) is 28.2. The molecule has 22 heteroatoms. The molecule has 0 radical (unpaired) electrons. The topological polar surface area (TPSA) is 233 Å². The first-order valence-corrected chi connectivity index (χ1v) is 21.3. The van der Waals surface area contributed by atoms with Gasteiger partial charge in [0, 0.05) is 25.7 Å². The van der Waals surface area contributed by atoms with Gasteiger partial charge in [0.1, 0.15) is 43.2 Å². The number of hydrogen-bond acceptors (Lipinski definition) is 16. The van der Waals surface area contributed by atoms with Gasteiger partial charge in [-0.25, -0.2) is 4.79 Å². The summed E-state index contributed by atoms with van der Waals surface area (Å²) in [5.41, 5.74) is 10.4. The number of ether oxygens (including phenoxy) is 9. The summed E-state index contributed by atoms with van der Waals surface area (Å²) in [6.45, 7) is 12.5. The predicted octanol–water partition coefficient (Wildman–Crippen LogP) is 5.44. The number of esters is 4. The monoisotopic (exact) mass is 868 g/mol. The van der Waals surface area contributed by atoms with Gasteiger partial charge in [-0.05, 0) is 29.2 Å². The van der Waals surface area contributed by atoms with Gasteiger partial charge < -0.3 is 47.1 Å². The number of alkyl halides is 3. The van der Waals surface area contributed by atoms with Crippen molar-refractivity contribution in [3.63, 3.8) is 0 Å². The molecule has 0 saturated carbocycles. The van der Waals surface area contributed by atoms with E-state index in [1.54, 1.807) is 30.3 Å². The molecule has 0 amide bonds. The van der Waals surface area contributed by atoms with E-state index in [4.69, 9.17) is 87.3 Å². The molecule has 18 nitrogen and oxygen atoms in total. The first-order chi connectivity index (χ1) is 26.0. The third-order valence-corrected chi connectivity index (χ3v) is 14.1. The number of methoxy groups -OCH3 is 1. The van der Waals surface area contributed by atoms with Gasteiger partial charge in [0.25, 0.3) is 3.79 Å². The summed E-state index contributed by atoms with van der Waals surface area (Å²) in [4.78, 5) is 53.8. The Bertz CT molecular complexity index is 1610. The second-order valence-electron chi connectivity index (χ2n) is 14.3. The molecule has 10 atom stereocenters. The van der Waals surface area contributed by atoms with Crippen LogP contribution in [0.5, 0.6) is 0 Å². The number of hydrogen-bond donors (Lipinski definition) is 1. The van der Waals surface area contributed by atoms with Gasteiger partial charge in [-0.2, -0.15) is 0 Å². The van der Waals surface area contributed by atoms with Crippen LogP contribution in [0.2, 0.25) is 18.1 Å². The maximum Gasteiger partial charge on any atom is 0.338 e. The Kier molecular flexibility index (Phi) is 16.8. The van der Waals surface area contributed by atoms with Gasteiger partial charge in [0.05, 0.1) is 13.7 Å². The minimum absolute atomic E-state index is 0.176. The van der Waals surface area contributed by atoms with Crippen LogP contribution >= 0.6 is 34.8 Å². The Morgan fingerprint density at radius 3 is 2.00 bits per heavy atom. The molecule has 3 rings (SSSR count). The van der Waals surface area contributed by atoms with Crippen molar-refractivity contribution in [2.24, 2.45) is 5.11 Å². The Morgan fingerprint density at radius 2 is 1.48 bits per heavy atom. The molecular formula is C34H47Cl3N4O14Si. The molecule has 0 spiro atoms. The molecule has 1 N–H and O–H groups in total. The molecule has 2 aliphatic heterocycles. The molecule has 56 heavy (non-hydrogen) atoms. The van der Waals surface area contributed by atoms with E-state index >= 15 is 0 Å². The number of nitrogens with one attached hydrogen (secondary N) is 1. The van der Waals surface area contributed by atoms with E-state index in [1.165, 1.54) is 6.92 Å². The maximum absolute atomic E-state index is 13.5. The van der Waals surface area contributed by atoms with Crippen molar-refractivity contribution in [2.75, 3.05) is 13.7 Å². The molecule has 0 bridgehead atoms. The van der Waals surface area contributed by atoms with Crippen molar-refractivity contribution in [1.29, 1.82) is 5.41 Å². The van der Waals surface area contributed by atoms with Crippen molar-refractivity contribution in [3.05, 3.63) is 46.3 Å². The van der Waals surface area contributed by atoms with Gasteiger partial charge >= 0.3 is 23.9 Å². The molecule has 0 aliphatic carbocycles. The summed E-state index contributed by atoms with van der Waals surface area (Å²) in [7, 11) is -1.69. The zero-order chi connectivity index (χ0) is 42.2. The molecular weight excluding hydrogens is 823 g/mol. The first kappa shape index (κ1) is 47.1. The second-order valence-corrected chi connectivity index (χ2v) is 21.3. The van der Waals surface area contributed by atoms with Crippen LogP contribution in [-0.2, 0) is 72.8 Å². The largest absolute Gasteiger partial charge is 0.467 e. The Hall–Kier alpha value is -3.23. The molecule has 312 valence electrons. The van der Waals surface area contributed by atoms with E-state index in [0.717, 1.165) is 21.0 Å². The van der Waals surface area contributed by atoms with E-state index in [2.05, 4.69) is 10.0 Å². The molecule has 2 fully saturated rings. The predicted molar refractivity (Wildman–Crippen MR) is 201 cm³/mol. The number of azide groups is 1. The summed E-state index contributed by atoms with van der Waals surface area (Å²) in [6.07, 6.45) is -14.0. The lowest BCUT2D eigenvalue weighted by atomic mass is 9.95. The quantitative estimate of drug-likeness (QED) is 0.0282. The highest BCUT2D eigenvalue weighted by molar-refractivity contribution is 6.76. The zero-order valence-corrected chi connectivity index (χ0v) is 35.5. The van der Waals surface area contributed by atoms with E-state index in [1.807, 2.05) is 33.9 Å². The third kappa shape index (κ3) is 12.6. The van der Waals surface area contributed by atoms with Crippen LogP contribution < -0.4 is 0 Å². The summed E-state index contributed by atoms with van der Waals surface area (Å²) >= 11 is 17.7. The van der Waals surface area contributed by atoms with Crippen LogP contribution in [0.25, 0.3) is 10.4 Å². The van der Waals surface area contributed by atoms with E-state index in [9.17, 15) is 24.7 Å². The van der Waals surface area contributed by atoms with Crippen molar-refractivity contribution in [1.82, 2.24) is 0 Å². The van der Waals surface area contributed by atoms with Gasteiger partial charge in [0.15, 0.2) is 26.8 Å². The smallest absolute Gasteiger partial charge is 0.338 e. The molecule has 0 unspecified atom stereocenters. The molecule has 2 saturated heterocycles. The van der Waals surface area contributed by atoms with Crippen molar-refractivity contribution < 1.29 is 66.2 Å². The Morgan fingerprint density at radius 1 is 0.875 bits per heavy atom. The standard InChI is InChI=1S/C34H47Cl3N4O14Si/c1-17(42)47-16-21-23(55-56(8,9)33(4,5)6)24(49-18(2)43)22(40-41-39)30(51-21)52-26-25(48-15-20-13-11-10-12-14-20)28(50-19(3)44)31(53-27(26)29(45)46-7)54-32(38)34(35,36)37/h10-14,21-28,30-31,38H,15-16H2,1-9H3/t21-,22-,23-,24-,25+,26+,27-,28-,30-,31-/m1/s1. The minimum atomic E-state index is -2.74. The Labute approximate surface area is 340 Å². The van der Waals surface area contributed by atoms with Crippen LogP contribution in [0, 0.1) is 5.41 Å². The lowest BCUT2D eigenvalue weighted by molar-refractivity contribution is -0.337. The van der Waals surface area contributed by atoms with E-state index in [-0.39, 0.29) is 11.6 Å². The van der Waals surface area contributed by atoms with Crippen LogP contribution in [-0.4, -0.2) is 117 Å². The summed E-state index contributed by atoms with van der Waals surface area (Å²) in [6, 6.07) is 7.19. The first-order valence-electron chi connectivity index (χ1n) is 17.2. The molecule has 2 aliphatic rings. The molecule has 1 aromatic rings. The van der Waals surface area contributed by atoms with Gasteiger partial charge in [-0.3, -0.25) is 19.8 Å². The number of halogens is 3. The minimum Gasteiger partial charge on any atom is -0.467 e. The zero-order valence-electron chi connectivity index (χ0n) is 32.3. The highest BCUT2D eigenvalue weighted by Crippen LogP contribution is 2.42. The van der Waals surface area contributed by atoms with Gasteiger partial charge in [-0.1, -0.05) is 91.0 Å².